The molecule has 19 heavy (non-hydrogen) atoms. The highest BCUT2D eigenvalue weighted by molar-refractivity contribution is 9.10. The molecule has 106 valence electrons. The molecule has 0 bridgehead atoms. The van der Waals surface area contributed by atoms with Crippen LogP contribution in [0.15, 0.2) is 10.5 Å². The Morgan fingerprint density at radius 3 is 2.95 bits per heavy atom. The Labute approximate surface area is 128 Å². The highest BCUT2D eigenvalue weighted by atomic mass is 79.9. The summed E-state index contributed by atoms with van der Waals surface area (Å²) in [5.41, 5.74) is 0. The van der Waals surface area contributed by atoms with Gasteiger partial charge in [-0.25, -0.2) is 0 Å². The van der Waals surface area contributed by atoms with Crippen LogP contribution in [-0.4, -0.2) is 23.4 Å². The SMILES string of the molecule is CCCc1sc(C(=O)N2CCCCC2CC)cc1Br. The van der Waals surface area contributed by atoms with Crippen molar-refractivity contribution in [1.82, 2.24) is 4.90 Å². The number of piperidine rings is 1. The Bertz CT molecular complexity index is 443. The van der Waals surface area contributed by atoms with Gasteiger partial charge in [0.15, 0.2) is 0 Å². The molecular formula is C15H22BrNOS. The van der Waals surface area contributed by atoms with Gasteiger partial charge in [-0.05, 0) is 54.1 Å². The highest BCUT2D eigenvalue weighted by Crippen LogP contribution is 2.31. The maximum atomic E-state index is 12.7. The number of rotatable bonds is 4. The van der Waals surface area contributed by atoms with Gasteiger partial charge in [0.05, 0.1) is 4.88 Å². The molecule has 1 unspecified atom stereocenters. The quantitative estimate of drug-likeness (QED) is 0.763. The van der Waals surface area contributed by atoms with Crippen LogP contribution in [0.2, 0.25) is 0 Å². The van der Waals surface area contributed by atoms with E-state index in [2.05, 4.69) is 34.7 Å². The maximum absolute atomic E-state index is 12.7. The first kappa shape index (κ1) is 15.0. The average Bonchev–Trinajstić information content (AvgIpc) is 2.80. The van der Waals surface area contributed by atoms with Crippen LogP contribution in [0.3, 0.4) is 0 Å². The monoisotopic (exact) mass is 343 g/mol. The van der Waals surface area contributed by atoms with E-state index in [0.29, 0.717) is 6.04 Å². The van der Waals surface area contributed by atoms with Crippen molar-refractivity contribution in [1.29, 1.82) is 0 Å². The molecule has 0 saturated carbocycles. The lowest BCUT2D eigenvalue weighted by molar-refractivity contribution is 0.0613. The van der Waals surface area contributed by atoms with E-state index in [-0.39, 0.29) is 5.91 Å². The van der Waals surface area contributed by atoms with E-state index in [1.807, 2.05) is 6.07 Å². The van der Waals surface area contributed by atoms with Crippen molar-refractivity contribution in [3.05, 3.63) is 20.3 Å². The molecule has 1 atom stereocenters. The smallest absolute Gasteiger partial charge is 0.264 e. The lowest BCUT2D eigenvalue weighted by Gasteiger charge is -2.35. The van der Waals surface area contributed by atoms with Gasteiger partial charge < -0.3 is 4.90 Å². The molecule has 1 fully saturated rings. The summed E-state index contributed by atoms with van der Waals surface area (Å²) in [5, 5.41) is 0. The van der Waals surface area contributed by atoms with Crippen LogP contribution in [0.5, 0.6) is 0 Å². The number of carbonyl (C=O) groups excluding carboxylic acids is 1. The molecule has 4 heteroatoms. The lowest BCUT2D eigenvalue weighted by Crippen LogP contribution is -2.43. The minimum absolute atomic E-state index is 0.236. The fourth-order valence-electron chi connectivity index (χ4n) is 2.74. The summed E-state index contributed by atoms with van der Waals surface area (Å²) in [4.78, 5) is 16.9. The molecule has 0 radical (unpaired) electrons. The van der Waals surface area contributed by atoms with E-state index >= 15 is 0 Å². The first-order valence-electron chi connectivity index (χ1n) is 7.26. The van der Waals surface area contributed by atoms with Gasteiger partial charge in [-0.2, -0.15) is 0 Å². The number of nitrogens with zero attached hydrogens (tertiary/aromatic N) is 1. The summed E-state index contributed by atoms with van der Waals surface area (Å²) < 4.78 is 1.10. The number of hydrogen-bond donors (Lipinski definition) is 0. The number of likely N-dealkylation sites (tertiary alicyclic amines) is 1. The fraction of sp³-hybridized carbons (Fsp3) is 0.667. The van der Waals surface area contributed by atoms with Crippen LogP contribution in [-0.2, 0) is 6.42 Å². The third kappa shape index (κ3) is 3.40. The van der Waals surface area contributed by atoms with Crippen molar-refractivity contribution in [2.24, 2.45) is 0 Å². The Morgan fingerprint density at radius 1 is 1.47 bits per heavy atom. The number of carbonyl (C=O) groups is 1. The first-order chi connectivity index (χ1) is 9.17. The van der Waals surface area contributed by atoms with Crippen LogP contribution in [0.4, 0.5) is 0 Å². The molecule has 0 aromatic carbocycles. The van der Waals surface area contributed by atoms with Crippen LogP contribution in [0.1, 0.15) is 60.5 Å². The summed E-state index contributed by atoms with van der Waals surface area (Å²) in [6.45, 7) is 5.28. The summed E-state index contributed by atoms with van der Waals surface area (Å²) >= 11 is 5.24. The van der Waals surface area contributed by atoms with Crippen molar-refractivity contribution in [2.75, 3.05) is 6.54 Å². The van der Waals surface area contributed by atoms with E-state index < -0.39 is 0 Å². The number of hydrogen-bond acceptors (Lipinski definition) is 2. The van der Waals surface area contributed by atoms with Gasteiger partial charge in [-0.3, -0.25) is 4.79 Å². The second-order valence-corrected chi connectivity index (χ2v) is 7.18. The van der Waals surface area contributed by atoms with Gasteiger partial charge in [-0.1, -0.05) is 20.3 Å². The van der Waals surface area contributed by atoms with Crippen molar-refractivity contribution < 1.29 is 4.79 Å². The molecule has 2 heterocycles. The molecule has 1 aromatic heterocycles. The van der Waals surface area contributed by atoms with Crippen LogP contribution >= 0.6 is 27.3 Å². The third-order valence-corrected chi connectivity index (χ3v) is 5.96. The molecule has 1 amide bonds. The average molecular weight is 344 g/mol. The molecule has 0 aliphatic carbocycles. The van der Waals surface area contributed by atoms with Crippen molar-refractivity contribution in [3.8, 4) is 0 Å². The second-order valence-electron chi connectivity index (χ2n) is 5.19. The summed E-state index contributed by atoms with van der Waals surface area (Å²) in [6, 6.07) is 2.45. The summed E-state index contributed by atoms with van der Waals surface area (Å²) in [7, 11) is 0. The highest BCUT2D eigenvalue weighted by Gasteiger charge is 2.27. The minimum atomic E-state index is 0.236. The van der Waals surface area contributed by atoms with Crippen molar-refractivity contribution in [2.45, 2.75) is 58.4 Å². The second kappa shape index (κ2) is 6.89. The van der Waals surface area contributed by atoms with Gasteiger partial charge in [0.1, 0.15) is 0 Å². The molecule has 1 saturated heterocycles. The summed E-state index contributed by atoms with van der Waals surface area (Å²) in [6.07, 6.45) is 6.81. The topological polar surface area (TPSA) is 20.3 Å². The van der Waals surface area contributed by atoms with E-state index in [1.165, 1.54) is 11.3 Å². The zero-order valence-corrected chi connectivity index (χ0v) is 14.1. The Balaban J connectivity index is 2.16. The molecule has 2 nitrogen and oxygen atoms in total. The van der Waals surface area contributed by atoms with E-state index in [4.69, 9.17) is 0 Å². The minimum Gasteiger partial charge on any atom is -0.335 e. The van der Waals surface area contributed by atoms with Gasteiger partial charge in [-0.15, -0.1) is 11.3 Å². The largest absolute Gasteiger partial charge is 0.335 e. The Kier molecular flexibility index (Phi) is 5.46. The number of aryl methyl sites for hydroxylation is 1. The third-order valence-electron chi connectivity index (χ3n) is 3.80. The first-order valence-corrected chi connectivity index (χ1v) is 8.87. The van der Waals surface area contributed by atoms with E-state index in [9.17, 15) is 4.79 Å². The molecule has 0 N–H and O–H groups in total. The molecule has 1 aliphatic heterocycles. The van der Waals surface area contributed by atoms with Crippen molar-refractivity contribution >= 4 is 33.2 Å². The lowest BCUT2D eigenvalue weighted by atomic mass is 10.00. The van der Waals surface area contributed by atoms with Crippen LogP contribution < -0.4 is 0 Å². The Morgan fingerprint density at radius 2 is 2.26 bits per heavy atom. The molecule has 1 aromatic rings. The number of thiophene rings is 1. The number of amides is 1. The predicted octanol–water partition coefficient (Wildman–Crippen LogP) is 4.87. The van der Waals surface area contributed by atoms with Gasteiger partial charge in [0, 0.05) is 21.9 Å². The summed E-state index contributed by atoms with van der Waals surface area (Å²) in [5.74, 6) is 0.236. The zero-order valence-electron chi connectivity index (χ0n) is 11.7. The molecule has 2 rings (SSSR count). The molecule has 0 spiro atoms. The molecular weight excluding hydrogens is 322 g/mol. The number of halogens is 1. The predicted molar refractivity (Wildman–Crippen MR) is 85.0 cm³/mol. The van der Waals surface area contributed by atoms with E-state index in [1.54, 1.807) is 11.3 Å². The van der Waals surface area contributed by atoms with Crippen molar-refractivity contribution in [3.63, 3.8) is 0 Å². The normalized spacial score (nSPS) is 19.7. The standard InChI is InChI=1S/C15H22BrNOS/c1-3-7-13-12(16)10-14(19-13)15(18)17-9-6-5-8-11(17)4-2/h10-11H,3-9H2,1-2H3. The zero-order chi connectivity index (χ0) is 13.8. The van der Waals surface area contributed by atoms with Gasteiger partial charge in [0.25, 0.3) is 5.91 Å². The van der Waals surface area contributed by atoms with Gasteiger partial charge >= 0.3 is 0 Å². The van der Waals surface area contributed by atoms with Gasteiger partial charge in [0.2, 0.25) is 0 Å². The van der Waals surface area contributed by atoms with E-state index in [0.717, 1.165) is 48.0 Å². The Hall–Kier alpha value is -0.350. The maximum Gasteiger partial charge on any atom is 0.264 e. The van der Waals surface area contributed by atoms with Crippen LogP contribution in [0, 0.1) is 0 Å². The van der Waals surface area contributed by atoms with Crippen LogP contribution in [0.25, 0.3) is 0 Å². The fourth-order valence-corrected chi connectivity index (χ4v) is 4.67. The molecule has 1 aliphatic rings.